The van der Waals surface area contributed by atoms with Crippen LogP contribution in [0.2, 0.25) is 0 Å². The van der Waals surface area contributed by atoms with E-state index >= 15 is 0 Å². The van der Waals surface area contributed by atoms with Crippen LogP contribution < -0.4 is 5.43 Å². The molecule has 1 heterocycles. The van der Waals surface area contributed by atoms with Gasteiger partial charge in [-0.25, -0.2) is 0 Å². The minimum absolute atomic E-state index is 0.112. The summed E-state index contributed by atoms with van der Waals surface area (Å²) >= 11 is 0. The summed E-state index contributed by atoms with van der Waals surface area (Å²) < 4.78 is 2.25. The molecule has 3 rings (SSSR count). The van der Waals surface area contributed by atoms with Crippen LogP contribution in [-0.2, 0) is 6.42 Å². The minimum atomic E-state index is 0.112. The number of aromatic nitrogens is 1. The number of rotatable bonds is 4. The van der Waals surface area contributed by atoms with E-state index in [1.807, 2.05) is 25.1 Å². The van der Waals surface area contributed by atoms with Gasteiger partial charge in [0.1, 0.15) is 0 Å². The second-order valence-electron chi connectivity index (χ2n) is 6.26. The fourth-order valence-electron chi connectivity index (χ4n) is 3.12. The van der Waals surface area contributed by atoms with Crippen LogP contribution in [0.25, 0.3) is 16.9 Å². The van der Waals surface area contributed by atoms with Crippen molar-refractivity contribution in [2.45, 2.75) is 33.6 Å². The number of benzene rings is 2. The molecule has 3 aromatic rings. The van der Waals surface area contributed by atoms with Crippen LogP contribution in [0.5, 0.6) is 0 Å². The summed E-state index contributed by atoms with van der Waals surface area (Å²) in [7, 11) is 0. The van der Waals surface area contributed by atoms with Crippen molar-refractivity contribution in [3.8, 4) is 16.9 Å². The van der Waals surface area contributed by atoms with Crippen molar-refractivity contribution in [1.29, 1.82) is 0 Å². The van der Waals surface area contributed by atoms with Gasteiger partial charge < -0.3 is 4.57 Å². The molecule has 122 valence electrons. The molecule has 2 aromatic carbocycles. The van der Waals surface area contributed by atoms with Gasteiger partial charge in [-0.3, -0.25) is 4.79 Å². The molecule has 0 fully saturated rings. The number of nitrogens with zero attached hydrogens (tertiary/aromatic N) is 1. The molecule has 2 nitrogen and oxygen atoms in total. The third-order valence-corrected chi connectivity index (χ3v) is 4.38. The summed E-state index contributed by atoms with van der Waals surface area (Å²) in [6.07, 6.45) is 1.88. The van der Waals surface area contributed by atoms with Gasteiger partial charge in [0.25, 0.3) is 0 Å². The Morgan fingerprint density at radius 3 is 2.21 bits per heavy atom. The van der Waals surface area contributed by atoms with E-state index in [1.165, 1.54) is 5.56 Å². The maximum atomic E-state index is 12.5. The molecule has 0 spiro atoms. The lowest BCUT2D eigenvalue weighted by molar-refractivity contribution is 0.825. The fourth-order valence-corrected chi connectivity index (χ4v) is 3.12. The monoisotopic (exact) mass is 317 g/mol. The van der Waals surface area contributed by atoms with Crippen LogP contribution in [0.4, 0.5) is 0 Å². The molecule has 0 aliphatic heterocycles. The Labute approximate surface area is 143 Å². The molecule has 0 radical (unpaired) electrons. The molecular formula is C22H23NO. The van der Waals surface area contributed by atoms with Gasteiger partial charge in [0.05, 0.1) is 5.69 Å². The van der Waals surface area contributed by atoms with E-state index in [4.69, 9.17) is 0 Å². The summed E-state index contributed by atoms with van der Waals surface area (Å²) in [5.74, 6) is 0. The van der Waals surface area contributed by atoms with Gasteiger partial charge >= 0.3 is 0 Å². The first-order valence-corrected chi connectivity index (χ1v) is 8.50. The van der Waals surface area contributed by atoms with Crippen molar-refractivity contribution >= 4 is 0 Å². The van der Waals surface area contributed by atoms with Crippen LogP contribution in [0, 0.1) is 13.8 Å². The topological polar surface area (TPSA) is 22.0 Å². The van der Waals surface area contributed by atoms with Gasteiger partial charge in [0.2, 0.25) is 0 Å². The van der Waals surface area contributed by atoms with E-state index in [2.05, 4.69) is 54.8 Å². The van der Waals surface area contributed by atoms with E-state index in [9.17, 15) is 4.79 Å². The number of pyridine rings is 1. The Morgan fingerprint density at radius 1 is 0.917 bits per heavy atom. The molecule has 0 N–H and O–H groups in total. The Bertz CT molecular complexity index is 890. The summed E-state index contributed by atoms with van der Waals surface area (Å²) in [6.45, 7) is 6.16. The number of hydrogen-bond acceptors (Lipinski definition) is 1. The van der Waals surface area contributed by atoms with Gasteiger partial charge in [0.15, 0.2) is 5.43 Å². The summed E-state index contributed by atoms with van der Waals surface area (Å²) in [4.78, 5) is 12.5. The first kappa shape index (κ1) is 16.3. The SMILES string of the molecule is CCCc1cc(=O)c(C)c(-c2ccccc2)n1-c1ccc(C)cc1. The Kier molecular flexibility index (Phi) is 4.66. The molecule has 1 aromatic heterocycles. The molecule has 0 amide bonds. The van der Waals surface area contributed by atoms with Crippen molar-refractivity contribution in [3.63, 3.8) is 0 Å². The van der Waals surface area contributed by atoms with E-state index in [0.29, 0.717) is 0 Å². The first-order valence-electron chi connectivity index (χ1n) is 8.50. The zero-order valence-corrected chi connectivity index (χ0v) is 14.5. The molecule has 0 aliphatic carbocycles. The molecular weight excluding hydrogens is 294 g/mol. The summed E-state index contributed by atoms with van der Waals surface area (Å²) in [5.41, 5.74) is 6.37. The predicted octanol–water partition coefficient (Wildman–Crippen LogP) is 5.07. The Balaban J connectivity index is 2.37. The van der Waals surface area contributed by atoms with Gasteiger partial charge in [-0.05, 0) is 38.0 Å². The number of aryl methyl sites for hydroxylation is 2. The maximum absolute atomic E-state index is 12.5. The van der Waals surface area contributed by atoms with Crippen LogP contribution in [0.15, 0.2) is 65.5 Å². The van der Waals surface area contributed by atoms with Crippen molar-refractivity contribution in [3.05, 3.63) is 87.7 Å². The number of hydrogen-bond donors (Lipinski definition) is 0. The lowest BCUT2D eigenvalue weighted by Gasteiger charge is -2.21. The van der Waals surface area contributed by atoms with Crippen LogP contribution in [0.1, 0.15) is 30.2 Å². The van der Waals surface area contributed by atoms with Crippen LogP contribution >= 0.6 is 0 Å². The summed E-state index contributed by atoms with van der Waals surface area (Å²) in [6, 6.07) is 20.5. The van der Waals surface area contributed by atoms with Crippen molar-refractivity contribution < 1.29 is 0 Å². The van der Waals surface area contributed by atoms with E-state index in [1.54, 1.807) is 6.07 Å². The van der Waals surface area contributed by atoms with Crippen molar-refractivity contribution in [2.75, 3.05) is 0 Å². The molecule has 0 bridgehead atoms. The fraction of sp³-hybridized carbons (Fsp3) is 0.227. The van der Waals surface area contributed by atoms with Crippen LogP contribution in [-0.4, -0.2) is 4.57 Å². The van der Waals surface area contributed by atoms with E-state index in [0.717, 1.165) is 41.0 Å². The standard InChI is InChI=1S/C22H23NO/c1-4-8-20-15-21(24)17(3)22(18-9-6-5-7-10-18)23(20)19-13-11-16(2)12-14-19/h5-7,9-15H,4,8H2,1-3H3. The first-order chi connectivity index (χ1) is 11.6. The normalized spacial score (nSPS) is 10.8. The van der Waals surface area contributed by atoms with Gasteiger partial charge in [-0.15, -0.1) is 0 Å². The molecule has 2 heteroatoms. The highest BCUT2D eigenvalue weighted by atomic mass is 16.1. The molecule has 0 atom stereocenters. The quantitative estimate of drug-likeness (QED) is 0.658. The molecule has 0 aliphatic rings. The second kappa shape index (κ2) is 6.88. The maximum Gasteiger partial charge on any atom is 0.185 e. The van der Waals surface area contributed by atoms with E-state index in [-0.39, 0.29) is 5.43 Å². The summed E-state index contributed by atoms with van der Waals surface area (Å²) in [5, 5.41) is 0. The third-order valence-electron chi connectivity index (χ3n) is 4.38. The average molecular weight is 317 g/mol. The lowest BCUT2D eigenvalue weighted by Crippen LogP contribution is -2.17. The average Bonchev–Trinajstić information content (AvgIpc) is 2.60. The highest BCUT2D eigenvalue weighted by Gasteiger charge is 2.15. The Morgan fingerprint density at radius 2 is 1.58 bits per heavy atom. The van der Waals surface area contributed by atoms with Crippen molar-refractivity contribution in [2.24, 2.45) is 0 Å². The van der Waals surface area contributed by atoms with Crippen LogP contribution in [0.3, 0.4) is 0 Å². The minimum Gasteiger partial charge on any atom is -0.313 e. The lowest BCUT2D eigenvalue weighted by atomic mass is 10.0. The van der Waals surface area contributed by atoms with Gasteiger partial charge in [-0.2, -0.15) is 0 Å². The zero-order valence-electron chi connectivity index (χ0n) is 14.5. The largest absolute Gasteiger partial charge is 0.313 e. The molecule has 0 saturated heterocycles. The van der Waals surface area contributed by atoms with Gasteiger partial charge in [-0.1, -0.05) is 61.4 Å². The van der Waals surface area contributed by atoms with E-state index < -0.39 is 0 Å². The third kappa shape index (κ3) is 3.05. The molecule has 0 unspecified atom stereocenters. The molecule has 0 saturated carbocycles. The smallest absolute Gasteiger partial charge is 0.185 e. The Hall–Kier alpha value is -2.61. The van der Waals surface area contributed by atoms with Crippen molar-refractivity contribution in [1.82, 2.24) is 4.57 Å². The van der Waals surface area contributed by atoms with Gasteiger partial charge in [0, 0.05) is 23.0 Å². The second-order valence-corrected chi connectivity index (χ2v) is 6.26. The zero-order chi connectivity index (χ0) is 17.1. The highest BCUT2D eigenvalue weighted by molar-refractivity contribution is 5.66. The highest BCUT2D eigenvalue weighted by Crippen LogP contribution is 2.27. The predicted molar refractivity (Wildman–Crippen MR) is 101 cm³/mol. The molecule has 24 heavy (non-hydrogen) atoms.